The normalized spacial score (nSPS) is 17.4. The number of benzene rings is 1. The van der Waals surface area contributed by atoms with Gasteiger partial charge in [0.05, 0.1) is 16.1 Å². The van der Waals surface area contributed by atoms with Gasteiger partial charge in [0.1, 0.15) is 11.7 Å². The van der Waals surface area contributed by atoms with E-state index in [2.05, 4.69) is 20.6 Å². The number of likely N-dealkylation sites (N-methyl/N-ethyl adjacent to an activating group) is 1. The van der Waals surface area contributed by atoms with Crippen LogP contribution in [0, 0.1) is 0 Å². The van der Waals surface area contributed by atoms with Crippen LogP contribution in [0.2, 0.25) is 10.0 Å². The van der Waals surface area contributed by atoms with Crippen LogP contribution in [0.15, 0.2) is 42.7 Å². The number of nitrogens with zero attached hydrogens (tertiary/aromatic N) is 2. The molecule has 1 saturated heterocycles. The minimum absolute atomic E-state index is 0.138. The maximum absolute atomic E-state index is 13.1. The summed E-state index contributed by atoms with van der Waals surface area (Å²) in [6.45, 7) is 1.18. The van der Waals surface area contributed by atoms with E-state index in [1.165, 1.54) is 0 Å². The molecule has 0 spiro atoms. The molecule has 0 saturated carbocycles. The number of carbonyl (C=O) groups is 2. The Balaban J connectivity index is 1.47. The number of H-pyrrole nitrogens is 1. The molecule has 0 aliphatic carbocycles. The third-order valence-corrected chi connectivity index (χ3v) is 6.54. The first-order valence-corrected chi connectivity index (χ1v) is 11.3. The minimum atomic E-state index is -0.738. The molecule has 0 radical (unpaired) electrons. The molecule has 4 rings (SSSR count). The molecular weight excluding hydrogens is 449 g/mol. The molecule has 0 unspecified atom stereocenters. The van der Waals surface area contributed by atoms with Gasteiger partial charge in [-0.25, -0.2) is 4.98 Å². The second-order valence-electron chi connectivity index (χ2n) is 8.13. The Kier molecular flexibility index (Phi) is 6.98. The van der Waals surface area contributed by atoms with E-state index < -0.39 is 6.04 Å². The van der Waals surface area contributed by atoms with Crippen molar-refractivity contribution in [3.8, 4) is 0 Å². The van der Waals surface area contributed by atoms with E-state index in [1.807, 2.05) is 36.3 Å². The summed E-state index contributed by atoms with van der Waals surface area (Å²) in [7, 11) is 1.93. The molecule has 1 aromatic carbocycles. The van der Waals surface area contributed by atoms with Crippen LogP contribution in [0.4, 0.5) is 0 Å². The predicted octanol–water partition coefficient (Wildman–Crippen LogP) is 3.31. The molecule has 9 heteroatoms. The molecule has 3 N–H and O–H groups in total. The van der Waals surface area contributed by atoms with Crippen LogP contribution in [0.1, 0.15) is 24.0 Å². The number of rotatable bonds is 7. The van der Waals surface area contributed by atoms with Crippen molar-refractivity contribution < 1.29 is 9.59 Å². The summed E-state index contributed by atoms with van der Waals surface area (Å²) in [5.74, 6) is -0.403. The number of pyridine rings is 1. The summed E-state index contributed by atoms with van der Waals surface area (Å²) in [4.78, 5) is 35.4. The first-order valence-electron chi connectivity index (χ1n) is 10.5. The summed E-state index contributed by atoms with van der Waals surface area (Å²) in [6.07, 6.45) is 5.60. The standard InChI is InChI=1S/C23H25Cl2N5O2/c1-30-8-2-3-20(30)23(32)29-19(11-14-4-5-17(24)18(25)10-14)22(31)28-13-15-9-16-6-7-26-21(16)27-12-15/h4-7,9-10,12,19-20H,2-3,8,11,13H2,1H3,(H,26,27)(H,28,31)(H,29,32)/t19-,20+/m0/s1. The van der Waals surface area contributed by atoms with Gasteiger partial charge in [-0.1, -0.05) is 29.3 Å². The molecule has 2 aromatic heterocycles. The molecule has 1 aliphatic rings. The Bertz CT molecular complexity index is 1130. The summed E-state index contributed by atoms with van der Waals surface area (Å²) < 4.78 is 0. The van der Waals surface area contributed by atoms with Gasteiger partial charge in [0.15, 0.2) is 0 Å². The lowest BCUT2D eigenvalue weighted by atomic mass is 10.0. The number of nitrogens with one attached hydrogen (secondary N) is 3. The summed E-state index contributed by atoms with van der Waals surface area (Å²) >= 11 is 12.2. The Morgan fingerprint density at radius 2 is 2.06 bits per heavy atom. The van der Waals surface area contributed by atoms with Crippen LogP contribution < -0.4 is 10.6 Å². The van der Waals surface area contributed by atoms with Crippen LogP contribution in [-0.4, -0.2) is 52.4 Å². The number of aromatic amines is 1. The maximum Gasteiger partial charge on any atom is 0.243 e. The molecule has 1 aliphatic heterocycles. The number of likely N-dealkylation sites (tertiary alicyclic amines) is 1. The maximum atomic E-state index is 13.1. The zero-order valence-corrected chi connectivity index (χ0v) is 19.2. The van der Waals surface area contributed by atoms with Crippen LogP contribution in [-0.2, 0) is 22.6 Å². The van der Waals surface area contributed by atoms with Crippen molar-refractivity contribution in [2.75, 3.05) is 13.6 Å². The largest absolute Gasteiger partial charge is 0.350 e. The third kappa shape index (κ3) is 5.23. The fourth-order valence-electron chi connectivity index (χ4n) is 4.02. The van der Waals surface area contributed by atoms with Crippen LogP contribution in [0.3, 0.4) is 0 Å². The number of amides is 2. The smallest absolute Gasteiger partial charge is 0.243 e. The number of aromatic nitrogens is 2. The first kappa shape index (κ1) is 22.6. The van der Waals surface area contributed by atoms with E-state index in [4.69, 9.17) is 23.2 Å². The Hall–Kier alpha value is -2.61. The van der Waals surface area contributed by atoms with Gasteiger partial charge in [-0.2, -0.15) is 0 Å². The molecule has 1 fully saturated rings. The highest BCUT2D eigenvalue weighted by atomic mass is 35.5. The fraction of sp³-hybridized carbons (Fsp3) is 0.348. The third-order valence-electron chi connectivity index (χ3n) is 5.80. The van der Waals surface area contributed by atoms with Gasteiger partial charge in [0.25, 0.3) is 0 Å². The molecule has 2 atom stereocenters. The summed E-state index contributed by atoms with van der Waals surface area (Å²) in [5, 5.41) is 7.71. The van der Waals surface area contributed by atoms with E-state index in [1.54, 1.807) is 18.3 Å². The van der Waals surface area contributed by atoms with Crippen LogP contribution in [0.25, 0.3) is 11.0 Å². The average Bonchev–Trinajstić information content (AvgIpc) is 3.42. The lowest BCUT2D eigenvalue weighted by molar-refractivity contribution is -0.131. The van der Waals surface area contributed by atoms with Gasteiger partial charge in [0, 0.05) is 30.7 Å². The molecule has 32 heavy (non-hydrogen) atoms. The van der Waals surface area contributed by atoms with Crippen molar-refractivity contribution >= 4 is 46.0 Å². The molecule has 3 heterocycles. The zero-order chi connectivity index (χ0) is 22.7. The SMILES string of the molecule is CN1CCC[C@@H]1C(=O)N[C@@H](Cc1ccc(Cl)c(Cl)c1)C(=O)NCc1cnc2[nH]ccc2c1. The molecule has 3 aromatic rings. The Morgan fingerprint density at radius 3 is 2.81 bits per heavy atom. The van der Waals surface area contributed by atoms with Crippen molar-refractivity contribution in [2.24, 2.45) is 0 Å². The number of hydrogen-bond donors (Lipinski definition) is 3. The van der Waals surface area contributed by atoms with E-state index in [0.29, 0.717) is 23.0 Å². The fourth-order valence-corrected chi connectivity index (χ4v) is 4.34. The zero-order valence-electron chi connectivity index (χ0n) is 17.7. The van der Waals surface area contributed by atoms with Gasteiger partial charge in [-0.15, -0.1) is 0 Å². The van der Waals surface area contributed by atoms with Crippen molar-refractivity contribution in [1.29, 1.82) is 0 Å². The van der Waals surface area contributed by atoms with E-state index in [-0.39, 0.29) is 17.9 Å². The second kappa shape index (κ2) is 9.90. The van der Waals surface area contributed by atoms with Gasteiger partial charge >= 0.3 is 0 Å². The molecular formula is C23H25Cl2N5O2. The number of hydrogen-bond acceptors (Lipinski definition) is 4. The topological polar surface area (TPSA) is 90.1 Å². The van der Waals surface area contributed by atoms with Gasteiger partial charge in [-0.05, 0) is 61.8 Å². The lowest BCUT2D eigenvalue weighted by Gasteiger charge is -2.24. The summed E-state index contributed by atoms with van der Waals surface area (Å²) in [6, 6.07) is 8.17. The number of fused-ring (bicyclic) bond motifs is 1. The van der Waals surface area contributed by atoms with E-state index in [9.17, 15) is 9.59 Å². The van der Waals surface area contributed by atoms with Gasteiger partial charge in [-0.3, -0.25) is 14.5 Å². The quantitative estimate of drug-likeness (QED) is 0.490. The van der Waals surface area contributed by atoms with Gasteiger partial charge in [0.2, 0.25) is 11.8 Å². The lowest BCUT2D eigenvalue weighted by Crippen LogP contribution is -2.52. The van der Waals surface area contributed by atoms with E-state index >= 15 is 0 Å². The van der Waals surface area contributed by atoms with Crippen molar-refractivity contribution in [3.05, 3.63) is 63.9 Å². The highest BCUT2D eigenvalue weighted by Gasteiger charge is 2.31. The molecule has 0 bridgehead atoms. The Morgan fingerprint density at radius 1 is 1.22 bits per heavy atom. The Labute approximate surface area is 196 Å². The molecule has 168 valence electrons. The average molecular weight is 474 g/mol. The van der Waals surface area contributed by atoms with Crippen molar-refractivity contribution in [1.82, 2.24) is 25.5 Å². The molecule has 2 amide bonds. The highest BCUT2D eigenvalue weighted by Crippen LogP contribution is 2.23. The van der Waals surface area contributed by atoms with Gasteiger partial charge < -0.3 is 15.6 Å². The first-order chi connectivity index (χ1) is 15.4. The highest BCUT2D eigenvalue weighted by molar-refractivity contribution is 6.42. The van der Waals surface area contributed by atoms with Crippen molar-refractivity contribution in [2.45, 2.75) is 37.9 Å². The summed E-state index contributed by atoms with van der Waals surface area (Å²) in [5.41, 5.74) is 2.49. The van der Waals surface area contributed by atoms with Crippen LogP contribution >= 0.6 is 23.2 Å². The monoisotopic (exact) mass is 473 g/mol. The van der Waals surface area contributed by atoms with Crippen molar-refractivity contribution in [3.63, 3.8) is 0 Å². The predicted molar refractivity (Wildman–Crippen MR) is 126 cm³/mol. The van der Waals surface area contributed by atoms with Crippen LogP contribution in [0.5, 0.6) is 0 Å². The second-order valence-corrected chi connectivity index (χ2v) is 8.94. The number of carbonyl (C=O) groups excluding carboxylic acids is 2. The number of halogens is 2. The van der Waals surface area contributed by atoms with E-state index in [0.717, 1.165) is 41.5 Å². The minimum Gasteiger partial charge on any atom is -0.350 e. The molecule has 7 nitrogen and oxygen atoms in total.